The molecular weight excluding hydrogens is 240 g/mol. The summed E-state index contributed by atoms with van der Waals surface area (Å²) in [6.07, 6.45) is 3.46. The normalized spacial score (nSPS) is 10.5. The molecule has 1 amide bonds. The van der Waals surface area contributed by atoms with Crippen molar-refractivity contribution in [1.29, 1.82) is 0 Å². The van der Waals surface area contributed by atoms with Crippen LogP contribution in [0.25, 0.3) is 0 Å². The zero-order valence-corrected chi connectivity index (χ0v) is 11.6. The lowest BCUT2D eigenvalue weighted by Gasteiger charge is -2.17. The molecule has 0 bridgehead atoms. The van der Waals surface area contributed by atoms with Gasteiger partial charge in [0.05, 0.1) is 0 Å². The van der Waals surface area contributed by atoms with Crippen LogP contribution in [0.5, 0.6) is 0 Å². The number of carbonyl (C=O) groups excluding carboxylic acids is 1. The molecule has 0 saturated heterocycles. The van der Waals surface area contributed by atoms with Crippen molar-refractivity contribution < 1.29 is 9.90 Å². The molecule has 0 aromatic heterocycles. The molecule has 3 N–H and O–H groups in total. The number of amides is 1. The van der Waals surface area contributed by atoms with Crippen molar-refractivity contribution in [2.24, 2.45) is 5.73 Å². The van der Waals surface area contributed by atoms with Crippen LogP contribution in [0.1, 0.15) is 35.2 Å². The highest BCUT2D eigenvalue weighted by atomic mass is 16.2. The Morgan fingerprint density at radius 1 is 1.32 bits per heavy atom. The number of nitrogens with two attached hydrogens (primary N) is 1. The number of benzene rings is 1. The first-order valence-corrected chi connectivity index (χ1v) is 6.84. The van der Waals surface area contributed by atoms with Gasteiger partial charge < -0.3 is 15.7 Å². The Kier molecular flexibility index (Phi) is 7.15. The minimum Gasteiger partial charge on any atom is -0.396 e. The van der Waals surface area contributed by atoms with E-state index < -0.39 is 0 Å². The second-order valence-corrected chi connectivity index (χ2v) is 4.75. The lowest BCUT2D eigenvalue weighted by Crippen LogP contribution is -2.27. The Morgan fingerprint density at radius 2 is 2.11 bits per heavy atom. The van der Waals surface area contributed by atoms with Gasteiger partial charge in [-0.15, -0.1) is 0 Å². The van der Waals surface area contributed by atoms with E-state index in [2.05, 4.69) is 0 Å². The minimum atomic E-state index is 0.0443. The summed E-state index contributed by atoms with van der Waals surface area (Å²) in [6, 6.07) is 7.65. The third-order valence-corrected chi connectivity index (χ3v) is 3.11. The number of unbranched alkanes of at least 4 members (excludes halogenated alkanes) is 2. The number of aliphatic hydroxyl groups excluding tert-OH is 1. The highest BCUT2D eigenvalue weighted by molar-refractivity contribution is 5.94. The van der Waals surface area contributed by atoms with Crippen LogP contribution in [0, 0.1) is 0 Å². The Balaban J connectivity index is 2.53. The predicted molar refractivity (Wildman–Crippen MR) is 77.1 cm³/mol. The van der Waals surface area contributed by atoms with Crippen LogP contribution in [0.2, 0.25) is 0 Å². The maximum atomic E-state index is 12.2. The summed E-state index contributed by atoms with van der Waals surface area (Å²) >= 11 is 0. The standard InChI is InChI=1S/C15H24N2O2/c1-17(10-3-2-4-11-18)15(19)14-7-5-6-13(12-14)8-9-16/h5-7,12,18H,2-4,8-11,16H2,1H3. The molecule has 1 aromatic rings. The summed E-state index contributed by atoms with van der Waals surface area (Å²) in [5, 5.41) is 8.71. The van der Waals surface area contributed by atoms with Crippen LogP contribution < -0.4 is 5.73 Å². The quantitative estimate of drug-likeness (QED) is 0.698. The summed E-state index contributed by atoms with van der Waals surface area (Å²) in [5.41, 5.74) is 7.34. The first-order valence-electron chi connectivity index (χ1n) is 6.84. The molecule has 0 aliphatic rings. The van der Waals surface area contributed by atoms with Crippen molar-refractivity contribution in [3.63, 3.8) is 0 Å². The average molecular weight is 264 g/mol. The number of rotatable bonds is 8. The van der Waals surface area contributed by atoms with Crippen LogP contribution in [-0.4, -0.2) is 42.7 Å². The Morgan fingerprint density at radius 3 is 2.79 bits per heavy atom. The smallest absolute Gasteiger partial charge is 0.253 e. The SMILES string of the molecule is CN(CCCCCO)C(=O)c1cccc(CCN)c1. The van der Waals surface area contributed by atoms with E-state index >= 15 is 0 Å². The van der Waals surface area contributed by atoms with Crippen molar-refractivity contribution in [2.75, 3.05) is 26.7 Å². The molecule has 0 heterocycles. The zero-order chi connectivity index (χ0) is 14.1. The first kappa shape index (κ1) is 15.7. The maximum absolute atomic E-state index is 12.2. The summed E-state index contributed by atoms with van der Waals surface area (Å²) in [6.45, 7) is 1.54. The third-order valence-electron chi connectivity index (χ3n) is 3.11. The van der Waals surface area contributed by atoms with Crippen molar-refractivity contribution in [1.82, 2.24) is 4.90 Å². The van der Waals surface area contributed by atoms with Crippen molar-refractivity contribution in [2.45, 2.75) is 25.7 Å². The molecule has 0 unspecified atom stereocenters. The van der Waals surface area contributed by atoms with Gasteiger partial charge in [-0.2, -0.15) is 0 Å². The fourth-order valence-electron chi connectivity index (χ4n) is 1.99. The first-order chi connectivity index (χ1) is 9.19. The molecule has 4 heteroatoms. The molecule has 4 nitrogen and oxygen atoms in total. The van der Waals surface area contributed by atoms with Gasteiger partial charge in [0.1, 0.15) is 0 Å². The Bertz CT molecular complexity index is 393. The molecule has 0 fully saturated rings. The molecule has 1 rings (SSSR count). The number of hydrogen-bond acceptors (Lipinski definition) is 3. The van der Waals surface area contributed by atoms with E-state index in [1.807, 2.05) is 31.3 Å². The molecule has 0 radical (unpaired) electrons. The van der Waals surface area contributed by atoms with Crippen LogP contribution in [0.4, 0.5) is 0 Å². The van der Waals surface area contributed by atoms with Gasteiger partial charge in [-0.05, 0) is 49.9 Å². The lowest BCUT2D eigenvalue weighted by atomic mass is 10.1. The highest BCUT2D eigenvalue weighted by Gasteiger charge is 2.11. The molecule has 106 valence electrons. The van der Waals surface area contributed by atoms with Crippen molar-refractivity contribution in [3.05, 3.63) is 35.4 Å². The maximum Gasteiger partial charge on any atom is 0.253 e. The van der Waals surface area contributed by atoms with E-state index in [0.29, 0.717) is 6.54 Å². The van der Waals surface area contributed by atoms with Gasteiger partial charge in [-0.1, -0.05) is 12.1 Å². The topological polar surface area (TPSA) is 66.6 Å². The van der Waals surface area contributed by atoms with Gasteiger partial charge in [-0.3, -0.25) is 4.79 Å². The third kappa shape index (κ3) is 5.41. The van der Waals surface area contributed by atoms with Crippen LogP contribution >= 0.6 is 0 Å². The van der Waals surface area contributed by atoms with Crippen LogP contribution in [-0.2, 0) is 6.42 Å². The summed E-state index contributed by atoms with van der Waals surface area (Å²) < 4.78 is 0. The summed E-state index contributed by atoms with van der Waals surface area (Å²) in [4.78, 5) is 13.9. The molecule has 19 heavy (non-hydrogen) atoms. The second kappa shape index (κ2) is 8.67. The van der Waals surface area contributed by atoms with Crippen molar-refractivity contribution >= 4 is 5.91 Å². The van der Waals surface area contributed by atoms with Gasteiger partial charge in [0, 0.05) is 25.8 Å². The van der Waals surface area contributed by atoms with Gasteiger partial charge in [0.15, 0.2) is 0 Å². The van der Waals surface area contributed by atoms with Gasteiger partial charge in [0.2, 0.25) is 0 Å². The molecule has 0 spiro atoms. The number of aliphatic hydroxyl groups is 1. The van der Waals surface area contributed by atoms with E-state index in [-0.39, 0.29) is 12.5 Å². The Hall–Kier alpha value is -1.39. The summed E-state index contributed by atoms with van der Waals surface area (Å²) in [7, 11) is 1.82. The highest BCUT2D eigenvalue weighted by Crippen LogP contribution is 2.09. The Labute approximate surface area is 115 Å². The zero-order valence-electron chi connectivity index (χ0n) is 11.6. The predicted octanol–water partition coefficient (Wildman–Crippen LogP) is 1.42. The average Bonchev–Trinajstić information content (AvgIpc) is 2.43. The van der Waals surface area contributed by atoms with E-state index in [1.165, 1.54) is 0 Å². The van der Waals surface area contributed by atoms with E-state index in [1.54, 1.807) is 4.90 Å². The monoisotopic (exact) mass is 264 g/mol. The van der Waals surface area contributed by atoms with E-state index in [4.69, 9.17) is 10.8 Å². The van der Waals surface area contributed by atoms with E-state index in [0.717, 1.165) is 43.4 Å². The number of nitrogens with zero attached hydrogens (tertiary/aromatic N) is 1. The molecule has 0 aliphatic carbocycles. The van der Waals surface area contributed by atoms with Gasteiger partial charge in [0.25, 0.3) is 5.91 Å². The minimum absolute atomic E-state index is 0.0443. The van der Waals surface area contributed by atoms with Gasteiger partial charge in [-0.25, -0.2) is 0 Å². The van der Waals surface area contributed by atoms with Crippen LogP contribution in [0.3, 0.4) is 0 Å². The molecule has 0 aliphatic heterocycles. The van der Waals surface area contributed by atoms with Crippen molar-refractivity contribution in [3.8, 4) is 0 Å². The van der Waals surface area contributed by atoms with Gasteiger partial charge >= 0.3 is 0 Å². The summed E-state index contributed by atoms with van der Waals surface area (Å²) in [5.74, 6) is 0.0443. The second-order valence-electron chi connectivity index (χ2n) is 4.75. The molecular formula is C15H24N2O2. The molecule has 1 aromatic carbocycles. The lowest BCUT2D eigenvalue weighted by molar-refractivity contribution is 0.0792. The van der Waals surface area contributed by atoms with Crippen LogP contribution in [0.15, 0.2) is 24.3 Å². The molecule has 0 saturated carbocycles. The number of hydrogen-bond donors (Lipinski definition) is 2. The largest absolute Gasteiger partial charge is 0.396 e. The van der Waals surface area contributed by atoms with E-state index in [9.17, 15) is 4.79 Å². The fraction of sp³-hybridized carbons (Fsp3) is 0.533. The molecule has 0 atom stereocenters. The fourth-order valence-corrected chi connectivity index (χ4v) is 1.99. The number of carbonyl (C=O) groups is 1.